The molecule has 1 amide bonds. The molecule has 0 aromatic carbocycles. The van der Waals surface area contributed by atoms with E-state index in [2.05, 4.69) is 10.1 Å². The number of rotatable bonds is 6. The van der Waals surface area contributed by atoms with Gasteiger partial charge in [0.05, 0.1) is 12.7 Å². The van der Waals surface area contributed by atoms with Crippen LogP contribution in [0.5, 0.6) is 0 Å². The van der Waals surface area contributed by atoms with Crippen LogP contribution >= 0.6 is 0 Å². The van der Waals surface area contributed by atoms with Gasteiger partial charge in [-0.25, -0.2) is 4.79 Å². The van der Waals surface area contributed by atoms with Gasteiger partial charge in [0.1, 0.15) is 0 Å². The van der Waals surface area contributed by atoms with Crippen LogP contribution in [-0.4, -0.2) is 41.8 Å². The first-order valence-corrected chi connectivity index (χ1v) is 5.29. The summed E-state index contributed by atoms with van der Waals surface area (Å²) in [5.74, 6) is -1.34. The van der Waals surface area contributed by atoms with Gasteiger partial charge < -0.3 is 20.9 Å². The Hall–Kier alpha value is -1.14. The number of esters is 1. The lowest BCUT2D eigenvalue weighted by Gasteiger charge is -2.17. The maximum absolute atomic E-state index is 11.4. The molecule has 0 aliphatic rings. The van der Waals surface area contributed by atoms with E-state index in [1.165, 1.54) is 0 Å². The highest BCUT2D eigenvalue weighted by Gasteiger charge is 2.24. The van der Waals surface area contributed by atoms with Gasteiger partial charge in [0.25, 0.3) is 0 Å². The van der Waals surface area contributed by atoms with Gasteiger partial charge in [-0.3, -0.25) is 4.79 Å². The summed E-state index contributed by atoms with van der Waals surface area (Å²) in [4.78, 5) is 22.6. The second kappa shape index (κ2) is 7.19. The number of hydrogen-bond donors (Lipinski definition) is 3. The lowest BCUT2D eigenvalue weighted by molar-refractivity contribution is -0.148. The molecule has 0 aliphatic heterocycles. The summed E-state index contributed by atoms with van der Waals surface area (Å²) < 4.78 is 4.61. The van der Waals surface area contributed by atoms with Gasteiger partial charge in [0, 0.05) is 6.04 Å². The maximum Gasteiger partial charge on any atom is 0.332 e. The van der Waals surface area contributed by atoms with Crippen LogP contribution in [0.4, 0.5) is 0 Å². The fraction of sp³-hybridized carbons (Fsp3) is 0.800. The van der Waals surface area contributed by atoms with Crippen molar-refractivity contribution in [2.75, 3.05) is 6.61 Å². The van der Waals surface area contributed by atoms with E-state index in [0.717, 1.165) is 0 Å². The van der Waals surface area contributed by atoms with Crippen molar-refractivity contribution in [1.29, 1.82) is 0 Å². The Kier molecular flexibility index (Phi) is 6.67. The number of hydrogen-bond acceptors (Lipinski definition) is 5. The summed E-state index contributed by atoms with van der Waals surface area (Å²) in [5, 5.41) is 11.6. The predicted molar refractivity (Wildman–Crippen MR) is 58.5 cm³/mol. The number of nitrogens with two attached hydrogens (primary N) is 1. The van der Waals surface area contributed by atoms with Crippen molar-refractivity contribution in [1.82, 2.24) is 5.32 Å². The Labute approximate surface area is 95.1 Å². The van der Waals surface area contributed by atoms with Crippen molar-refractivity contribution in [2.45, 2.75) is 45.4 Å². The van der Waals surface area contributed by atoms with Crippen molar-refractivity contribution >= 4 is 11.9 Å². The average Bonchev–Trinajstić information content (AvgIpc) is 2.15. The summed E-state index contributed by atoms with van der Waals surface area (Å²) in [5.41, 5.74) is 5.38. The van der Waals surface area contributed by atoms with Gasteiger partial charge in [-0.05, 0) is 27.2 Å². The number of nitrogens with one attached hydrogen (secondary N) is 1. The SMILES string of the molecule is CCOC(=O)C(N)C(=O)NC(C)CC(C)O. The van der Waals surface area contributed by atoms with E-state index in [-0.39, 0.29) is 12.6 Å². The molecule has 0 saturated carbocycles. The molecule has 0 rings (SSSR count). The number of amides is 1. The van der Waals surface area contributed by atoms with Crippen LogP contribution in [0.25, 0.3) is 0 Å². The monoisotopic (exact) mass is 232 g/mol. The Balaban J connectivity index is 4.09. The van der Waals surface area contributed by atoms with Crippen LogP contribution in [0, 0.1) is 0 Å². The summed E-state index contributed by atoms with van der Waals surface area (Å²) in [6, 6.07) is -1.55. The first kappa shape index (κ1) is 14.9. The third-order valence-corrected chi connectivity index (χ3v) is 1.91. The zero-order valence-electron chi connectivity index (χ0n) is 9.90. The fourth-order valence-corrected chi connectivity index (χ4v) is 1.24. The van der Waals surface area contributed by atoms with Crippen LogP contribution in [0.15, 0.2) is 0 Å². The third kappa shape index (κ3) is 5.67. The zero-order chi connectivity index (χ0) is 12.7. The standard InChI is InChI=1S/C10H20N2O4/c1-4-16-10(15)8(11)9(14)12-6(2)5-7(3)13/h6-8,13H,4-5,11H2,1-3H3,(H,12,14). The molecule has 0 aromatic rings. The van der Waals surface area contributed by atoms with E-state index in [9.17, 15) is 9.59 Å². The van der Waals surface area contributed by atoms with Gasteiger partial charge in [-0.2, -0.15) is 0 Å². The van der Waals surface area contributed by atoms with Crippen molar-refractivity contribution in [3.63, 3.8) is 0 Å². The van der Waals surface area contributed by atoms with Crippen LogP contribution in [0.3, 0.4) is 0 Å². The zero-order valence-corrected chi connectivity index (χ0v) is 9.90. The highest BCUT2D eigenvalue weighted by Crippen LogP contribution is 1.97. The van der Waals surface area contributed by atoms with Crippen LogP contribution in [-0.2, 0) is 14.3 Å². The molecule has 0 bridgehead atoms. The second-order valence-electron chi connectivity index (χ2n) is 3.72. The lowest BCUT2D eigenvalue weighted by Crippen LogP contribution is -2.49. The van der Waals surface area contributed by atoms with Crippen LogP contribution in [0.2, 0.25) is 0 Å². The van der Waals surface area contributed by atoms with E-state index in [0.29, 0.717) is 6.42 Å². The molecule has 4 N–H and O–H groups in total. The van der Waals surface area contributed by atoms with Crippen molar-refractivity contribution in [3.8, 4) is 0 Å². The molecule has 0 aliphatic carbocycles. The molecular weight excluding hydrogens is 212 g/mol. The molecule has 6 heteroatoms. The van der Waals surface area contributed by atoms with Gasteiger partial charge >= 0.3 is 5.97 Å². The van der Waals surface area contributed by atoms with Crippen LogP contribution < -0.4 is 11.1 Å². The van der Waals surface area contributed by atoms with E-state index in [1.807, 2.05) is 0 Å². The minimum absolute atomic E-state index is 0.184. The minimum Gasteiger partial charge on any atom is -0.464 e. The quantitative estimate of drug-likeness (QED) is 0.409. The molecule has 0 fully saturated rings. The van der Waals surface area contributed by atoms with E-state index < -0.39 is 24.0 Å². The number of aliphatic hydroxyl groups is 1. The first-order chi connectivity index (χ1) is 7.38. The van der Waals surface area contributed by atoms with Gasteiger partial charge in [0.15, 0.2) is 6.04 Å². The smallest absolute Gasteiger partial charge is 0.332 e. The average molecular weight is 232 g/mol. The Morgan fingerprint density at radius 2 is 2.00 bits per heavy atom. The molecule has 0 radical (unpaired) electrons. The molecule has 6 nitrogen and oxygen atoms in total. The maximum atomic E-state index is 11.4. The van der Waals surface area contributed by atoms with Gasteiger partial charge in [-0.15, -0.1) is 0 Å². The highest BCUT2D eigenvalue weighted by molar-refractivity contribution is 6.01. The molecular formula is C10H20N2O4. The van der Waals surface area contributed by atoms with Crippen molar-refractivity contribution in [2.24, 2.45) is 5.73 Å². The summed E-state index contributed by atoms with van der Waals surface area (Å²) in [6.07, 6.45) is -0.115. The molecule has 16 heavy (non-hydrogen) atoms. The molecule has 94 valence electrons. The van der Waals surface area contributed by atoms with Crippen molar-refractivity contribution < 1.29 is 19.4 Å². The van der Waals surface area contributed by atoms with Crippen molar-refractivity contribution in [3.05, 3.63) is 0 Å². The minimum atomic E-state index is -1.31. The first-order valence-electron chi connectivity index (χ1n) is 5.29. The fourth-order valence-electron chi connectivity index (χ4n) is 1.24. The highest BCUT2D eigenvalue weighted by atomic mass is 16.5. The van der Waals surface area contributed by atoms with Crippen LogP contribution in [0.1, 0.15) is 27.2 Å². The summed E-state index contributed by atoms with van der Waals surface area (Å²) in [7, 11) is 0. The molecule has 3 atom stereocenters. The summed E-state index contributed by atoms with van der Waals surface area (Å²) >= 11 is 0. The largest absolute Gasteiger partial charge is 0.464 e. The Morgan fingerprint density at radius 3 is 2.44 bits per heavy atom. The Morgan fingerprint density at radius 1 is 1.44 bits per heavy atom. The van der Waals surface area contributed by atoms with E-state index >= 15 is 0 Å². The lowest BCUT2D eigenvalue weighted by atomic mass is 10.1. The van der Waals surface area contributed by atoms with Gasteiger partial charge in [0.2, 0.25) is 5.91 Å². The molecule has 0 spiro atoms. The topological polar surface area (TPSA) is 102 Å². The predicted octanol–water partition coefficient (Wildman–Crippen LogP) is -0.848. The Bertz CT molecular complexity index is 243. The molecule has 3 unspecified atom stereocenters. The second-order valence-corrected chi connectivity index (χ2v) is 3.72. The van der Waals surface area contributed by atoms with Gasteiger partial charge in [-0.1, -0.05) is 0 Å². The van der Waals surface area contributed by atoms with E-state index in [1.54, 1.807) is 20.8 Å². The number of aliphatic hydroxyl groups excluding tert-OH is 1. The number of ether oxygens (including phenoxy) is 1. The third-order valence-electron chi connectivity index (χ3n) is 1.91. The number of carbonyl (C=O) groups excluding carboxylic acids is 2. The summed E-state index contributed by atoms with van der Waals surface area (Å²) in [6.45, 7) is 5.16. The molecule has 0 aromatic heterocycles. The normalized spacial score (nSPS) is 16.1. The van der Waals surface area contributed by atoms with E-state index in [4.69, 9.17) is 10.8 Å². The number of carbonyl (C=O) groups is 2. The molecule has 0 heterocycles. The molecule has 0 saturated heterocycles.